The summed E-state index contributed by atoms with van der Waals surface area (Å²) < 4.78 is 29.3. The summed E-state index contributed by atoms with van der Waals surface area (Å²) in [6.45, 7) is 3.20. The molecule has 0 aromatic heterocycles. The molecule has 0 fully saturated rings. The summed E-state index contributed by atoms with van der Waals surface area (Å²) >= 11 is 0. The fraction of sp³-hybridized carbons (Fsp3) is 0.800. The summed E-state index contributed by atoms with van der Waals surface area (Å²) in [5.41, 5.74) is 0. The molecule has 0 aromatic rings. The first-order valence-corrected chi connectivity index (χ1v) is 7.09. The number of carboxylic acid groups (broad SMARTS) is 1. The summed E-state index contributed by atoms with van der Waals surface area (Å²) in [7, 11) is -2.47. The van der Waals surface area contributed by atoms with Crippen LogP contribution in [-0.2, 0) is 24.3 Å². The van der Waals surface area contributed by atoms with Crippen molar-refractivity contribution < 1.29 is 27.9 Å². The van der Waals surface area contributed by atoms with Gasteiger partial charge in [0, 0.05) is 12.6 Å². The van der Waals surface area contributed by atoms with Crippen LogP contribution in [0.4, 0.5) is 0 Å². The molecule has 0 aliphatic carbocycles. The SMILES string of the molecule is COC(=O)CCS(=O)(=O)N(CCC(=O)O)C(C)C. The molecule has 0 bridgehead atoms. The molecule has 0 aliphatic rings. The maximum atomic E-state index is 11.9. The van der Waals surface area contributed by atoms with E-state index in [1.54, 1.807) is 13.8 Å². The van der Waals surface area contributed by atoms with E-state index in [9.17, 15) is 18.0 Å². The third-order valence-electron chi connectivity index (χ3n) is 2.27. The number of sulfonamides is 1. The van der Waals surface area contributed by atoms with E-state index >= 15 is 0 Å². The molecule has 0 rings (SSSR count). The van der Waals surface area contributed by atoms with Gasteiger partial charge in [0.1, 0.15) is 0 Å². The van der Waals surface area contributed by atoms with Crippen LogP contribution >= 0.6 is 0 Å². The van der Waals surface area contributed by atoms with Crippen LogP contribution in [0.5, 0.6) is 0 Å². The Kier molecular flexibility index (Phi) is 6.85. The second kappa shape index (κ2) is 7.32. The van der Waals surface area contributed by atoms with Gasteiger partial charge < -0.3 is 9.84 Å². The summed E-state index contributed by atoms with van der Waals surface area (Å²) in [5, 5.41) is 8.57. The van der Waals surface area contributed by atoms with Gasteiger partial charge >= 0.3 is 11.9 Å². The standard InChI is InChI=1S/C10H19NO6S/c1-8(2)11(6-4-9(12)13)18(15,16)7-5-10(14)17-3/h8H,4-7H2,1-3H3,(H,12,13). The average Bonchev–Trinajstić information content (AvgIpc) is 2.24. The number of aliphatic carboxylic acids is 1. The minimum atomic E-state index is -3.65. The molecule has 0 atom stereocenters. The van der Waals surface area contributed by atoms with Crippen molar-refractivity contribution >= 4 is 22.0 Å². The zero-order chi connectivity index (χ0) is 14.3. The second-order valence-corrected chi connectivity index (χ2v) is 6.03. The summed E-state index contributed by atoms with van der Waals surface area (Å²) in [6, 6.07) is -0.355. The predicted octanol–water partition coefficient (Wildman–Crippen LogP) is 0.0644. The van der Waals surface area contributed by atoms with Crippen molar-refractivity contribution in [2.75, 3.05) is 19.4 Å². The zero-order valence-corrected chi connectivity index (χ0v) is 11.6. The first kappa shape index (κ1) is 16.9. The van der Waals surface area contributed by atoms with E-state index in [1.807, 2.05) is 0 Å². The molecule has 0 heterocycles. The first-order chi connectivity index (χ1) is 8.20. The fourth-order valence-corrected chi connectivity index (χ4v) is 3.03. The number of carbonyl (C=O) groups is 2. The summed E-state index contributed by atoms with van der Waals surface area (Å²) in [6.07, 6.45) is -0.509. The number of hydrogen-bond donors (Lipinski definition) is 1. The third-order valence-corrected chi connectivity index (χ3v) is 4.31. The van der Waals surface area contributed by atoms with Gasteiger partial charge in [-0.15, -0.1) is 0 Å². The van der Waals surface area contributed by atoms with Crippen LogP contribution in [-0.4, -0.2) is 55.2 Å². The van der Waals surface area contributed by atoms with E-state index in [-0.39, 0.29) is 31.2 Å². The van der Waals surface area contributed by atoms with E-state index in [2.05, 4.69) is 4.74 Å². The number of carbonyl (C=O) groups excluding carboxylic acids is 1. The van der Waals surface area contributed by atoms with Crippen molar-refractivity contribution in [1.82, 2.24) is 4.31 Å². The van der Waals surface area contributed by atoms with Gasteiger partial charge in [0.05, 0.1) is 25.7 Å². The van der Waals surface area contributed by atoms with E-state index in [0.29, 0.717) is 0 Å². The highest BCUT2D eigenvalue weighted by atomic mass is 32.2. The van der Waals surface area contributed by atoms with Crippen molar-refractivity contribution in [3.63, 3.8) is 0 Å². The van der Waals surface area contributed by atoms with Crippen molar-refractivity contribution in [3.05, 3.63) is 0 Å². The highest BCUT2D eigenvalue weighted by molar-refractivity contribution is 7.89. The van der Waals surface area contributed by atoms with E-state index < -0.39 is 22.0 Å². The van der Waals surface area contributed by atoms with Gasteiger partial charge in [0.15, 0.2) is 0 Å². The van der Waals surface area contributed by atoms with E-state index in [1.165, 1.54) is 7.11 Å². The predicted molar refractivity (Wildman–Crippen MR) is 64.5 cm³/mol. The Labute approximate surface area is 107 Å². The molecule has 1 N–H and O–H groups in total. The van der Waals surface area contributed by atoms with Crippen LogP contribution in [0.15, 0.2) is 0 Å². The number of hydrogen-bond acceptors (Lipinski definition) is 5. The van der Waals surface area contributed by atoms with Crippen LogP contribution in [0.3, 0.4) is 0 Å². The van der Waals surface area contributed by atoms with Crippen molar-refractivity contribution in [3.8, 4) is 0 Å². The highest BCUT2D eigenvalue weighted by Crippen LogP contribution is 2.10. The minimum Gasteiger partial charge on any atom is -0.481 e. The van der Waals surface area contributed by atoms with E-state index in [4.69, 9.17) is 5.11 Å². The Morgan fingerprint density at radius 3 is 2.22 bits per heavy atom. The number of esters is 1. The number of nitrogens with zero attached hydrogens (tertiary/aromatic N) is 1. The third kappa shape index (κ3) is 5.97. The molecule has 106 valence electrons. The lowest BCUT2D eigenvalue weighted by atomic mass is 10.3. The van der Waals surface area contributed by atoms with Gasteiger partial charge in [0.2, 0.25) is 10.0 Å². The lowest BCUT2D eigenvalue weighted by molar-refractivity contribution is -0.140. The lowest BCUT2D eigenvalue weighted by Crippen LogP contribution is -2.40. The van der Waals surface area contributed by atoms with Gasteiger partial charge in [-0.3, -0.25) is 9.59 Å². The Balaban J connectivity index is 4.66. The molecule has 18 heavy (non-hydrogen) atoms. The van der Waals surface area contributed by atoms with Gasteiger partial charge in [-0.1, -0.05) is 0 Å². The molecular formula is C10H19NO6S. The van der Waals surface area contributed by atoms with Crippen molar-refractivity contribution in [1.29, 1.82) is 0 Å². The number of ether oxygens (including phenoxy) is 1. The maximum absolute atomic E-state index is 11.9. The molecule has 0 aromatic carbocycles. The molecule has 0 unspecified atom stereocenters. The van der Waals surface area contributed by atoms with Gasteiger partial charge in [-0.25, -0.2) is 8.42 Å². The van der Waals surface area contributed by atoms with Crippen molar-refractivity contribution in [2.45, 2.75) is 32.7 Å². The zero-order valence-electron chi connectivity index (χ0n) is 10.7. The Hall–Kier alpha value is -1.15. The minimum absolute atomic E-state index is 0.101. The molecule has 0 spiro atoms. The van der Waals surface area contributed by atoms with Crippen LogP contribution in [0.25, 0.3) is 0 Å². The maximum Gasteiger partial charge on any atom is 0.306 e. The Morgan fingerprint density at radius 2 is 1.83 bits per heavy atom. The van der Waals surface area contributed by atoms with E-state index in [0.717, 1.165) is 4.31 Å². The Bertz CT molecular complexity index is 389. The fourth-order valence-electron chi connectivity index (χ4n) is 1.36. The molecule has 0 amide bonds. The van der Waals surface area contributed by atoms with Crippen LogP contribution in [0, 0.1) is 0 Å². The molecule has 0 saturated heterocycles. The average molecular weight is 281 g/mol. The monoisotopic (exact) mass is 281 g/mol. The molecule has 7 nitrogen and oxygen atoms in total. The van der Waals surface area contributed by atoms with Gasteiger partial charge in [-0.05, 0) is 13.8 Å². The lowest BCUT2D eigenvalue weighted by Gasteiger charge is -2.25. The first-order valence-electron chi connectivity index (χ1n) is 5.49. The highest BCUT2D eigenvalue weighted by Gasteiger charge is 2.26. The molecule has 8 heteroatoms. The van der Waals surface area contributed by atoms with Crippen LogP contribution in [0.1, 0.15) is 26.7 Å². The topological polar surface area (TPSA) is 101 Å². The largest absolute Gasteiger partial charge is 0.481 e. The van der Waals surface area contributed by atoms with Crippen LogP contribution in [0.2, 0.25) is 0 Å². The molecule has 0 aliphatic heterocycles. The molecule has 0 saturated carbocycles. The number of carboxylic acids is 1. The second-order valence-electron chi connectivity index (χ2n) is 3.99. The smallest absolute Gasteiger partial charge is 0.306 e. The normalized spacial score (nSPS) is 11.8. The number of methoxy groups -OCH3 is 1. The van der Waals surface area contributed by atoms with Crippen molar-refractivity contribution in [2.24, 2.45) is 0 Å². The van der Waals surface area contributed by atoms with Crippen LogP contribution < -0.4 is 0 Å². The molecule has 0 radical (unpaired) electrons. The summed E-state index contributed by atoms with van der Waals surface area (Å²) in [5.74, 6) is -2.05. The Morgan fingerprint density at radius 1 is 1.28 bits per heavy atom. The summed E-state index contributed by atoms with van der Waals surface area (Å²) in [4.78, 5) is 21.4. The quantitative estimate of drug-likeness (QED) is 0.631. The number of rotatable bonds is 8. The van der Waals surface area contributed by atoms with Gasteiger partial charge in [0.25, 0.3) is 0 Å². The van der Waals surface area contributed by atoms with Gasteiger partial charge in [-0.2, -0.15) is 4.31 Å². The molecular weight excluding hydrogens is 262 g/mol.